The van der Waals surface area contributed by atoms with Crippen molar-refractivity contribution in [3.05, 3.63) is 65.7 Å². The molecule has 0 radical (unpaired) electrons. The molecule has 0 amide bonds. The Morgan fingerprint density at radius 3 is 2.73 bits per heavy atom. The first-order valence-corrected chi connectivity index (χ1v) is 7.63. The molecule has 0 aromatic heterocycles. The smallest absolute Gasteiger partial charge is 0.338 e. The van der Waals surface area contributed by atoms with Crippen LogP contribution in [0.4, 0.5) is 5.69 Å². The summed E-state index contributed by atoms with van der Waals surface area (Å²) in [4.78, 5) is 16.1. The summed E-state index contributed by atoms with van der Waals surface area (Å²) >= 11 is 0. The zero-order valence-corrected chi connectivity index (χ0v) is 12.9. The Morgan fingerprint density at radius 2 is 1.95 bits per heavy atom. The van der Waals surface area contributed by atoms with Crippen molar-refractivity contribution >= 4 is 17.9 Å². The molecule has 2 aromatic rings. The van der Waals surface area contributed by atoms with Crippen LogP contribution in [0.25, 0.3) is 0 Å². The normalized spacial score (nSPS) is 10.8. The average Bonchev–Trinajstić information content (AvgIpc) is 2.58. The minimum absolute atomic E-state index is 0.270. The summed E-state index contributed by atoms with van der Waals surface area (Å²) in [5, 5.41) is 0. The topological polar surface area (TPSA) is 38.7 Å². The van der Waals surface area contributed by atoms with Crippen LogP contribution < -0.4 is 0 Å². The Morgan fingerprint density at radius 1 is 1.14 bits per heavy atom. The lowest BCUT2D eigenvalue weighted by Gasteiger charge is -2.03. The average molecular weight is 295 g/mol. The summed E-state index contributed by atoms with van der Waals surface area (Å²) in [6.07, 6.45) is 4.46. The van der Waals surface area contributed by atoms with Gasteiger partial charge in [0.2, 0.25) is 0 Å². The second kappa shape index (κ2) is 8.78. The predicted octanol–water partition coefficient (Wildman–Crippen LogP) is 4.59. The van der Waals surface area contributed by atoms with Crippen molar-refractivity contribution in [2.45, 2.75) is 26.2 Å². The number of unbranched alkanes of at least 4 members (excludes halogenated alkanes) is 1. The van der Waals surface area contributed by atoms with Gasteiger partial charge in [-0.3, -0.25) is 4.99 Å². The van der Waals surface area contributed by atoms with Gasteiger partial charge in [-0.15, -0.1) is 0 Å². The Bertz CT molecular complexity index is 620. The molecule has 0 atom stereocenters. The summed E-state index contributed by atoms with van der Waals surface area (Å²) in [6, 6.07) is 17.2. The number of aryl methyl sites for hydroxylation is 1. The number of benzene rings is 2. The maximum absolute atomic E-state index is 11.7. The summed E-state index contributed by atoms with van der Waals surface area (Å²) in [5.41, 5.74) is 2.85. The van der Waals surface area contributed by atoms with Crippen LogP contribution in [0.1, 0.15) is 35.7 Å². The van der Waals surface area contributed by atoms with Gasteiger partial charge in [0.1, 0.15) is 0 Å². The highest BCUT2D eigenvalue weighted by Gasteiger charge is 2.04. The fourth-order valence-corrected chi connectivity index (χ4v) is 2.02. The highest BCUT2D eigenvalue weighted by atomic mass is 16.5. The highest BCUT2D eigenvalue weighted by molar-refractivity contribution is 5.89. The van der Waals surface area contributed by atoms with Crippen LogP contribution in [0.15, 0.2) is 59.6 Å². The molecule has 0 spiro atoms. The number of aliphatic imine (C=N–C) groups is 1. The van der Waals surface area contributed by atoms with E-state index >= 15 is 0 Å². The van der Waals surface area contributed by atoms with Gasteiger partial charge in [0.25, 0.3) is 0 Å². The molecule has 0 saturated heterocycles. The quantitative estimate of drug-likeness (QED) is 0.426. The fourth-order valence-electron chi connectivity index (χ4n) is 2.02. The lowest BCUT2D eigenvalue weighted by atomic mass is 10.1. The van der Waals surface area contributed by atoms with Gasteiger partial charge in [0, 0.05) is 6.21 Å². The molecule has 0 aliphatic heterocycles. The van der Waals surface area contributed by atoms with Crippen molar-refractivity contribution < 1.29 is 9.53 Å². The molecular weight excluding hydrogens is 274 g/mol. The molecule has 2 rings (SSSR count). The second-order valence-corrected chi connectivity index (χ2v) is 4.98. The van der Waals surface area contributed by atoms with E-state index in [4.69, 9.17) is 4.74 Å². The van der Waals surface area contributed by atoms with Crippen LogP contribution >= 0.6 is 0 Å². The van der Waals surface area contributed by atoms with E-state index in [1.54, 1.807) is 12.1 Å². The lowest BCUT2D eigenvalue weighted by Crippen LogP contribution is -2.06. The Hall–Kier alpha value is -2.42. The molecule has 2 aromatic carbocycles. The molecule has 3 heteroatoms. The molecule has 22 heavy (non-hydrogen) atoms. The van der Waals surface area contributed by atoms with Crippen molar-refractivity contribution in [3.63, 3.8) is 0 Å². The minimum atomic E-state index is -0.270. The second-order valence-electron chi connectivity index (χ2n) is 4.98. The maximum atomic E-state index is 11.7. The van der Waals surface area contributed by atoms with E-state index in [0.29, 0.717) is 12.2 Å². The van der Waals surface area contributed by atoms with E-state index in [1.165, 1.54) is 5.56 Å². The first-order valence-electron chi connectivity index (χ1n) is 7.63. The standard InChI is InChI=1S/C19H21NO2/c1-2-16-9-8-12-18(15-16)20-13-6-7-14-22-19(21)17-10-4-3-5-11-17/h3-5,8-13,15H,2,6-7,14H2,1H3. The number of nitrogens with zero attached hydrogens (tertiary/aromatic N) is 1. The number of carbonyl (C=O) groups is 1. The maximum Gasteiger partial charge on any atom is 0.338 e. The SMILES string of the molecule is CCc1cccc(N=CCCCOC(=O)c2ccccc2)c1. The van der Waals surface area contributed by atoms with E-state index in [-0.39, 0.29) is 5.97 Å². The van der Waals surface area contributed by atoms with Crippen LogP contribution in [-0.4, -0.2) is 18.8 Å². The number of hydrogen-bond acceptors (Lipinski definition) is 3. The molecule has 0 saturated carbocycles. The molecule has 0 bridgehead atoms. The van der Waals surface area contributed by atoms with Crippen molar-refractivity contribution in [3.8, 4) is 0 Å². The third-order valence-electron chi connectivity index (χ3n) is 3.28. The third kappa shape index (κ3) is 5.17. The summed E-state index contributed by atoms with van der Waals surface area (Å²) in [5.74, 6) is -0.270. The van der Waals surface area contributed by atoms with Gasteiger partial charge < -0.3 is 4.74 Å². The molecule has 0 fully saturated rings. The first-order chi connectivity index (χ1) is 10.8. The van der Waals surface area contributed by atoms with Crippen molar-refractivity contribution in [2.24, 2.45) is 4.99 Å². The molecule has 0 aliphatic rings. The van der Waals surface area contributed by atoms with Crippen molar-refractivity contribution in [2.75, 3.05) is 6.61 Å². The summed E-state index contributed by atoms with van der Waals surface area (Å²) < 4.78 is 5.22. The van der Waals surface area contributed by atoms with Crippen LogP contribution in [0.3, 0.4) is 0 Å². The number of rotatable bonds is 7. The number of ether oxygens (including phenoxy) is 1. The monoisotopic (exact) mass is 295 g/mol. The summed E-state index contributed by atoms with van der Waals surface area (Å²) in [7, 11) is 0. The predicted molar refractivity (Wildman–Crippen MR) is 89.9 cm³/mol. The van der Waals surface area contributed by atoms with Gasteiger partial charge >= 0.3 is 5.97 Å². The van der Waals surface area contributed by atoms with Crippen LogP contribution in [0.5, 0.6) is 0 Å². The van der Waals surface area contributed by atoms with Gasteiger partial charge in [-0.05, 0) is 49.1 Å². The summed E-state index contributed by atoms with van der Waals surface area (Å²) in [6.45, 7) is 2.54. The molecule has 114 valence electrons. The molecular formula is C19H21NO2. The number of hydrogen-bond donors (Lipinski definition) is 0. The minimum Gasteiger partial charge on any atom is -0.462 e. The molecule has 0 heterocycles. The number of esters is 1. The zero-order valence-electron chi connectivity index (χ0n) is 12.9. The Labute approximate surface area is 131 Å². The van der Waals surface area contributed by atoms with Gasteiger partial charge in [0.05, 0.1) is 17.9 Å². The van der Waals surface area contributed by atoms with E-state index in [0.717, 1.165) is 24.9 Å². The Balaban J connectivity index is 1.69. The van der Waals surface area contributed by atoms with E-state index in [9.17, 15) is 4.79 Å². The van der Waals surface area contributed by atoms with E-state index < -0.39 is 0 Å². The number of carbonyl (C=O) groups excluding carboxylic acids is 1. The zero-order chi connectivity index (χ0) is 15.6. The van der Waals surface area contributed by atoms with Gasteiger partial charge in [-0.25, -0.2) is 4.79 Å². The van der Waals surface area contributed by atoms with Crippen LogP contribution in [0.2, 0.25) is 0 Å². The van der Waals surface area contributed by atoms with Crippen LogP contribution in [0, 0.1) is 0 Å². The van der Waals surface area contributed by atoms with Crippen molar-refractivity contribution in [1.29, 1.82) is 0 Å². The highest BCUT2D eigenvalue weighted by Crippen LogP contribution is 2.14. The third-order valence-corrected chi connectivity index (χ3v) is 3.28. The molecule has 0 aliphatic carbocycles. The molecule has 3 nitrogen and oxygen atoms in total. The Kier molecular flexibility index (Phi) is 6.37. The lowest BCUT2D eigenvalue weighted by molar-refractivity contribution is 0.0502. The van der Waals surface area contributed by atoms with E-state index in [1.807, 2.05) is 36.5 Å². The molecule has 0 unspecified atom stereocenters. The largest absolute Gasteiger partial charge is 0.462 e. The van der Waals surface area contributed by atoms with Crippen molar-refractivity contribution in [1.82, 2.24) is 0 Å². The van der Waals surface area contributed by atoms with Crippen LogP contribution in [-0.2, 0) is 11.2 Å². The van der Waals surface area contributed by atoms with Gasteiger partial charge in [-0.2, -0.15) is 0 Å². The van der Waals surface area contributed by atoms with Gasteiger partial charge in [0.15, 0.2) is 0 Å². The first kappa shape index (κ1) is 16.0. The fraction of sp³-hybridized carbons (Fsp3) is 0.263. The van der Waals surface area contributed by atoms with Gasteiger partial charge in [-0.1, -0.05) is 37.3 Å². The van der Waals surface area contributed by atoms with E-state index in [2.05, 4.69) is 24.0 Å². The molecule has 0 N–H and O–H groups in total.